The summed E-state index contributed by atoms with van der Waals surface area (Å²) in [6.45, 7) is 3.25. The Morgan fingerprint density at radius 2 is 1.55 bits per heavy atom. The molecule has 0 saturated carbocycles. The molecule has 0 radical (unpaired) electrons. The van der Waals surface area contributed by atoms with E-state index < -0.39 is 0 Å². The van der Waals surface area contributed by atoms with Gasteiger partial charge in [-0.15, -0.1) is 10.2 Å². The highest BCUT2D eigenvalue weighted by atomic mass is 35.5. The number of anilines is 2. The molecule has 3 aromatic carbocycles. The van der Waals surface area contributed by atoms with Gasteiger partial charge in [0.15, 0.2) is 0 Å². The molecule has 0 aliphatic carbocycles. The maximum Gasteiger partial charge on any atom is 0.290 e. The van der Waals surface area contributed by atoms with Crippen molar-refractivity contribution in [2.75, 3.05) is 11.1 Å². The molecule has 0 heterocycles. The molecular formula is C23H27ClN4O3. The lowest BCUT2D eigenvalue weighted by molar-refractivity contribution is -0.123. The fourth-order valence-electron chi connectivity index (χ4n) is 2.11. The van der Waals surface area contributed by atoms with Crippen LogP contribution in [0.4, 0.5) is 22.7 Å². The second-order valence-corrected chi connectivity index (χ2v) is 6.28. The van der Waals surface area contributed by atoms with Gasteiger partial charge in [-0.05, 0) is 37.3 Å². The van der Waals surface area contributed by atoms with Gasteiger partial charge in [-0.3, -0.25) is 9.59 Å². The maximum atomic E-state index is 11.2. The van der Waals surface area contributed by atoms with Crippen molar-refractivity contribution in [3.8, 4) is 0 Å². The zero-order chi connectivity index (χ0) is 22.4. The molecule has 0 atom stereocenters. The van der Waals surface area contributed by atoms with E-state index in [0.717, 1.165) is 0 Å². The molecule has 164 valence electrons. The Balaban J connectivity index is 0.000000682. The van der Waals surface area contributed by atoms with E-state index in [9.17, 15) is 4.79 Å². The minimum Gasteiger partial charge on any atom is -0.483 e. The number of aryl methyl sites for hydroxylation is 1. The Morgan fingerprint density at radius 1 is 1.00 bits per heavy atom. The predicted molar refractivity (Wildman–Crippen MR) is 127 cm³/mol. The largest absolute Gasteiger partial charge is 0.483 e. The van der Waals surface area contributed by atoms with Crippen molar-refractivity contribution >= 4 is 46.7 Å². The first-order valence-electron chi connectivity index (χ1n) is 8.80. The van der Waals surface area contributed by atoms with Crippen LogP contribution in [0, 0.1) is 6.92 Å². The molecule has 7 nitrogen and oxygen atoms in total. The summed E-state index contributed by atoms with van der Waals surface area (Å²) in [4.78, 5) is 19.5. The SMILES string of the molecule is C.CC(=O)Nc1cc(N)ccc1N=Nc1ccccc1Cl.Cc1ccccc1.O=CO. The summed E-state index contributed by atoms with van der Waals surface area (Å²) in [5, 5.41) is 18.2. The van der Waals surface area contributed by atoms with Crippen molar-refractivity contribution in [3.05, 3.63) is 83.4 Å². The lowest BCUT2D eigenvalue weighted by atomic mass is 10.2. The summed E-state index contributed by atoms with van der Waals surface area (Å²) >= 11 is 6.00. The van der Waals surface area contributed by atoms with E-state index in [-0.39, 0.29) is 19.8 Å². The Morgan fingerprint density at radius 3 is 2.06 bits per heavy atom. The molecule has 3 rings (SSSR count). The number of nitrogens with one attached hydrogen (secondary N) is 1. The minimum atomic E-state index is -0.250. The van der Waals surface area contributed by atoms with Crippen LogP contribution in [0.15, 0.2) is 83.0 Å². The van der Waals surface area contributed by atoms with Crippen LogP contribution in [0.5, 0.6) is 0 Å². The number of carboxylic acid groups (broad SMARTS) is 1. The van der Waals surface area contributed by atoms with Crippen LogP contribution in [-0.4, -0.2) is 17.5 Å². The van der Waals surface area contributed by atoms with Crippen LogP contribution in [0.3, 0.4) is 0 Å². The van der Waals surface area contributed by atoms with Crippen molar-refractivity contribution in [2.24, 2.45) is 10.2 Å². The Labute approximate surface area is 187 Å². The van der Waals surface area contributed by atoms with E-state index in [1.165, 1.54) is 12.5 Å². The van der Waals surface area contributed by atoms with E-state index in [4.69, 9.17) is 27.2 Å². The first kappa shape index (κ1) is 27.3. The van der Waals surface area contributed by atoms with Crippen molar-refractivity contribution in [1.82, 2.24) is 0 Å². The normalized spacial score (nSPS) is 9.26. The average Bonchev–Trinajstić information content (AvgIpc) is 2.70. The van der Waals surface area contributed by atoms with E-state index in [1.54, 1.807) is 30.3 Å². The van der Waals surface area contributed by atoms with Crippen molar-refractivity contribution in [3.63, 3.8) is 0 Å². The molecule has 1 amide bonds. The van der Waals surface area contributed by atoms with Crippen LogP contribution < -0.4 is 11.1 Å². The highest BCUT2D eigenvalue weighted by molar-refractivity contribution is 6.32. The standard InChI is InChI=1S/C14H13ClN4O.C7H8.CH2O2.CH4/c1-9(20)17-14-8-10(16)6-7-13(14)19-18-12-5-3-2-4-11(12)15;1-7-5-3-2-4-6-7;2-1-3;/h2-8H,16H2,1H3,(H,17,20);2-6H,1H3;1H,(H,2,3);1H4. The number of carbonyl (C=O) groups excluding carboxylic acids is 1. The van der Waals surface area contributed by atoms with Gasteiger partial charge in [0, 0.05) is 12.6 Å². The van der Waals surface area contributed by atoms with Gasteiger partial charge in [-0.1, -0.05) is 67.1 Å². The number of rotatable bonds is 3. The third-order valence-corrected chi connectivity index (χ3v) is 3.71. The van der Waals surface area contributed by atoms with Crippen molar-refractivity contribution < 1.29 is 14.7 Å². The minimum absolute atomic E-state index is 0. The van der Waals surface area contributed by atoms with Gasteiger partial charge in [0.25, 0.3) is 6.47 Å². The molecule has 4 N–H and O–H groups in total. The fraction of sp³-hybridized carbons (Fsp3) is 0.130. The summed E-state index contributed by atoms with van der Waals surface area (Å²) in [6.07, 6.45) is 0. The highest BCUT2D eigenvalue weighted by Gasteiger charge is 2.04. The van der Waals surface area contributed by atoms with Crippen LogP contribution in [0.25, 0.3) is 0 Å². The first-order valence-corrected chi connectivity index (χ1v) is 9.18. The molecule has 31 heavy (non-hydrogen) atoms. The Bertz CT molecular complexity index is 980. The second kappa shape index (κ2) is 15.2. The predicted octanol–water partition coefficient (Wildman–Crippen LogP) is 6.63. The number of hydrogen-bond acceptors (Lipinski definition) is 5. The molecule has 3 aromatic rings. The molecule has 0 bridgehead atoms. The molecule has 0 aromatic heterocycles. The van der Waals surface area contributed by atoms with E-state index >= 15 is 0 Å². The van der Waals surface area contributed by atoms with Gasteiger partial charge in [0.2, 0.25) is 5.91 Å². The van der Waals surface area contributed by atoms with Crippen LogP contribution in [-0.2, 0) is 9.59 Å². The van der Waals surface area contributed by atoms with E-state index in [0.29, 0.717) is 27.8 Å². The third kappa shape index (κ3) is 11.2. The topological polar surface area (TPSA) is 117 Å². The van der Waals surface area contributed by atoms with E-state index in [1.807, 2.05) is 30.3 Å². The van der Waals surface area contributed by atoms with Gasteiger partial charge in [0.1, 0.15) is 11.4 Å². The van der Waals surface area contributed by atoms with Gasteiger partial charge in [-0.2, -0.15) is 0 Å². The number of nitrogens with two attached hydrogens (primary N) is 1. The summed E-state index contributed by atoms with van der Waals surface area (Å²) in [5.41, 5.74) is 9.12. The molecule has 0 saturated heterocycles. The molecule has 0 unspecified atom stereocenters. The van der Waals surface area contributed by atoms with Crippen molar-refractivity contribution in [1.29, 1.82) is 0 Å². The lowest BCUT2D eigenvalue weighted by Gasteiger charge is -2.06. The summed E-state index contributed by atoms with van der Waals surface area (Å²) in [6, 6.07) is 22.4. The Kier molecular flexibility index (Phi) is 13.4. The third-order valence-electron chi connectivity index (χ3n) is 3.39. The average molecular weight is 443 g/mol. The number of azo groups is 1. The van der Waals surface area contributed by atoms with Crippen molar-refractivity contribution in [2.45, 2.75) is 21.3 Å². The first-order chi connectivity index (χ1) is 14.4. The van der Waals surface area contributed by atoms with Gasteiger partial charge < -0.3 is 16.2 Å². The highest BCUT2D eigenvalue weighted by Crippen LogP contribution is 2.31. The van der Waals surface area contributed by atoms with Crippen LogP contribution in [0.1, 0.15) is 19.9 Å². The molecule has 0 fully saturated rings. The lowest BCUT2D eigenvalue weighted by Crippen LogP contribution is -2.06. The number of hydrogen-bond donors (Lipinski definition) is 3. The number of halogens is 1. The van der Waals surface area contributed by atoms with Gasteiger partial charge in [0.05, 0.1) is 10.7 Å². The second-order valence-electron chi connectivity index (χ2n) is 5.87. The smallest absolute Gasteiger partial charge is 0.290 e. The molecule has 0 aliphatic rings. The number of benzene rings is 3. The monoisotopic (exact) mass is 442 g/mol. The number of nitrogen functional groups attached to an aromatic ring is 1. The van der Waals surface area contributed by atoms with Gasteiger partial charge in [-0.25, -0.2) is 0 Å². The molecule has 8 heteroatoms. The zero-order valence-electron chi connectivity index (χ0n) is 16.6. The summed E-state index contributed by atoms with van der Waals surface area (Å²) in [7, 11) is 0. The van der Waals surface area contributed by atoms with E-state index in [2.05, 4.69) is 34.6 Å². The maximum absolute atomic E-state index is 11.2. The summed E-state index contributed by atoms with van der Waals surface area (Å²) < 4.78 is 0. The Hall–Kier alpha value is -3.71. The number of nitrogens with zero attached hydrogens (tertiary/aromatic N) is 2. The summed E-state index contributed by atoms with van der Waals surface area (Å²) in [5.74, 6) is -0.204. The van der Waals surface area contributed by atoms with Gasteiger partial charge >= 0.3 is 0 Å². The number of carbonyl (C=O) groups is 2. The quantitative estimate of drug-likeness (QED) is 0.239. The molecular weight excluding hydrogens is 416 g/mol. The zero-order valence-corrected chi connectivity index (χ0v) is 17.4. The van der Waals surface area contributed by atoms with Crippen LogP contribution in [0.2, 0.25) is 5.02 Å². The van der Waals surface area contributed by atoms with Crippen LogP contribution >= 0.6 is 11.6 Å². The fourth-order valence-corrected chi connectivity index (χ4v) is 2.28. The molecule has 0 aliphatic heterocycles. The molecule has 0 spiro atoms. The number of amides is 1.